The summed E-state index contributed by atoms with van der Waals surface area (Å²) in [6.07, 6.45) is 1.41. The molecule has 1 heterocycles. The first kappa shape index (κ1) is 22.8. The maximum absolute atomic E-state index is 12.5. The molecule has 1 saturated heterocycles. The molecule has 8 nitrogen and oxygen atoms in total. The molecule has 1 aliphatic rings. The van der Waals surface area contributed by atoms with Gasteiger partial charge < -0.3 is 15.5 Å². The minimum absolute atomic E-state index is 0.0286. The molecule has 0 spiro atoms. The molecular weight excluding hydrogens is 416 g/mol. The van der Waals surface area contributed by atoms with Gasteiger partial charge in [-0.1, -0.05) is 24.3 Å². The van der Waals surface area contributed by atoms with Gasteiger partial charge in [-0.05, 0) is 42.7 Å². The number of nitrogens with zero attached hydrogens (tertiary/aromatic N) is 2. The molecule has 0 aromatic heterocycles. The van der Waals surface area contributed by atoms with Crippen LogP contribution in [-0.2, 0) is 26.2 Å². The normalized spacial score (nSPS) is 14.2. The van der Waals surface area contributed by atoms with Crippen molar-refractivity contribution in [2.24, 2.45) is 0 Å². The van der Waals surface area contributed by atoms with Gasteiger partial charge in [0, 0.05) is 45.0 Å². The van der Waals surface area contributed by atoms with Gasteiger partial charge in [0.15, 0.2) is 0 Å². The fourth-order valence-corrected chi connectivity index (χ4v) is 4.66. The van der Waals surface area contributed by atoms with Crippen molar-refractivity contribution in [2.75, 3.05) is 37.4 Å². The van der Waals surface area contributed by atoms with Crippen molar-refractivity contribution >= 4 is 33.2 Å². The van der Waals surface area contributed by atoms with Gasteiger partial charge in [0.1, 0.15) is 0 Å². The summed E-state index contributed by atoms with van der Waals surface area (Å²) in [5.41, 5.74) is 3.07. The second-order valence-corrected chi connectivity index (χ2v) is 9.74. The van der Waals surface area contributed by atoms with Gasteiger partial charge in [-0.15, -0.1) is 0 Å². The third kappa shape index (κ3) is 5.05. The molecule has 9 heteroatoms. The van der Waals surface area contributed by atoms with E-state index < -0.39 is 10.0 Å². The van der Waals surface area contributed by atoms with Crippen molar-refractivity contribution in [1.29, 1.82) is 0 Å². The zero-order chi connectivity index (χ0) is 22.6. The highest BCUT2D eigenvalue weighted by atomic mass is 32.2. The smallest absolute Gasteiger partial charge is 0.242 e. The summed E-state index contributed by atoms with van der Waals surface area (Å²) in [5.74, 6) is -0.150. The lowest BCUT2D eigenvalue weighted by molar-refractivity contribution is -0.119. The van der Waals surface area contributed by atoms with Gasteiger partial charge in [0.05, 0.1) is 11.4 Å². The van der Waals surface area contributed by atoms with Crippen LogP contribution in [0.2, 0.25) is 0 Å². The summed E-state index contributed by atoms with van der Waals surface area (Å²) in [7, 11) is -0.654. The van der Waals surface area contributed by atoms with E-state index in [4.69, 9.17) is 0 Å². The Bertz CT molecular complexity index is 1080. The average molecular weight is 445 g/mol. The van der Waals surface area contributed by atoms with Crippen LogP contribution in [0.5, 0.6) is 0 Å². The van der Waals surface area contributed by atoms with Gasteiger partial charge >= 0.3 is 0 Å². The third-order valence-corrected chi connectivity index (χ3v) is 7.23. The topological polar surface area (TPSA) is 98.8 Å². The number of carbonyl (C=O) groups excluding carboxylic acids is 2. The van der Waals surface area contributed by atoms with E-state index in [-0.39, 0.29) is 29.8 Å². The van der Waals surface area contributed by atoms with Crippen molar-refractivity contribution < 1.29 is 18.0 Å². The number of nitrogens with one attached hydrogen (secondary N) is 2. The summed E-state index contributed by atoms with van der Waals surface area (Å²) >= 11 is 0. The summed E-state index contributed by atoms with van der Waals surface area (Å²) < 4.78 is 26.1. The van der Waals surface area contributed by atoms with E-state index in [0.29, 0.717) is 18.5 Å². The van der Waals surface area contributed by atoms with E-state index in [1.807, 2.05) is 25.1 Å². The summed E-state index contributed by atoms with van der Waals surface area (Å²) in [6.45, 7) is 2.76. The van der Waals surface area contributed by atoms with Gasteiger partial charge in [-0.2, -0.15) is 0 Å². The van der Waals surface area contributed by atoms with Crippen LogP contribution in [0.3, 0.4) is 0 Å². The number of carbonyl (C=O) groups is 2. The summed E-state index contributed by atoms with van der Waals surface area (Å²) in [6, 6.07) is 12.2. The van der Waals surface area contributed by atoms with Crippen molar-refractivity contribution in [3.63, 3.8) is 0 Å². The maximum atomic E-state index is 12.5. The number of hydrogen-bond donors (Lipinski definition) is 2. The van der Waals surface area contributed by atoms with E-state index in [1.54, 1.807) is 23.1 Å². The predicted molar refractivity (Wildman–Crippen MR) is 120 cm³/mol. The number of benzene rings is 2. The number of sulfonamides is 1. The Labute approximate surface area is 183 Å². The average Bonchev–Trinajstić information content (AvgIpc) is 3.17. The standard InChI is InChI=1S/C22H28N4O4S/c1-16-18(9-6-10-19(16)26-13-7-12-22(26)28)23-15-21(27)24-14-17-8-4-5-11-20(17)31(29,30)25(2)3/h4-6,8-11,23H,7,12-15H2,1-3H3,(H,24,27). The lowest BCUT2D eigenvalue weighted by atomic mass is 10.1. The van der Waals surface area contributed by atoms with E-state index in [0.717, 1.165) is 27.7 Å². The molecule has 2 amide bonds. The number of amides is 2. The quantitative estimate of drug-likeness (QED) is 0.650. The van der Waals surface area contributed by atoms with Crippen LogP contribution in [0.4, 0.5) is 11.4 Å². The molecule has 2 N–H and O–H groups in total. The Morgan fingerprint density at radius 2 is 1.87 bits per heavy atom. The minimum Gasteiger partial charge on any atom is -0.376 e. The molecule has 1 fully saturated rings. The zero-order valence-electron chi connectivity index (χ0n) is 18.0. The molecule has 1 aliphatic heterocycles. The van der Waals surface area contributed by atoms with Gasteiger partial charge in [0.25, 0.3) is 0 Å². The second-order valence-electron chi connectivity index (χ2n) is 7.62. The number of hydrogen-bond acceptors (Lipinski definition) is 5. The van der Waals surface area contributed by atoms with E-state index in [1.165, 1.54) is 20.2 Å². The fourth-order valence-electron chi connectivity index (χ4n) is 3.54. The molecule has 31 heavy (non-hydrogen) atoms. The molecular formula is C22H28N4O4S. The molecule has 166 valence electrons. The fraction of sp³-hybridized carbons (Fsp3) is 0.364. The molecule has 2 aromatic carbocycles. The van der Waals surface area contributed by atoms with Crippen molar-refractivity contribution in [3.8, 4) is 0 Å². The van der Waals surface area contributed by atoms with E-state index in [9.17, 15) is 18.0 Å². The van der Waals surface area contributed by atoms with Crippen LogP contribution < -0.4 is 15.5 Å². The molecule has 0 saturated carbocycles. The lowest BCUT2D eigenvalue weighted by Gasteiger charge is -2.21. The first-order chi connectivity index (χ1) is 14.7. The highest BCUT2D eigenvalue weighted by Gasteiger charge is 2.24. The van der Waals surface area contributed by atoms with Crippen LogP contribution >= 0.6 is 0 Å². The van der Waals surface area contributed by atoms with Crippen LogP contribution in [-0.4, -0.2) is 51.7 Å². The van der Waals surface area contributed by atoms with Crippen molar-refractivity contribution in [2.45, 2.75) is 31.2 Å². The maximum Gasteiger partial charge on any atom is 0.242 e. The lowest BCUT2D eigenvalue weighted by Crippen LogP contribution is -2.31. The number of rotatable bonds is 8. The van der Waals surface area contributed by atoms with Crippen LogP contribution in [0, 0.1) is 6.92 Å². The summed E-state index contributed by atoms with van der Waals surface area (Å²) in [4.78, 5) is 26.4. The molecule has 0 radical (unpaired) electrons. The Hall–Kier alpha value is -2.91. The number of anilines is 2. The monoisotopic (exact) mass is 444 g/mol. The second kappa shape index (κ2) is 9.49. The van der Waals surface area contributed by atoms with Crippen molar-refractivity contribution in [1.82, 2.24) is 9.62 Å². The highest BCUT2D eigenvalue weighted by Crippen LogP contribution is 2.29. The SMILES string of the molecule is Cc1c(NCC(=O)NCc2ccccc2S(=O)(=O)N(C)C)cccc1N1CCCC1=O. The van der Waals surface area contributed by atoms with Gasteiger partial charge in [0.2, 0.25) is 21.8 Å². The Kier molecular flexibility index (Phi) is 6.97. The zero-order valence-corrected chi connectivity index (χ0v) is 18.8. The first-order valence-corrected chi connectivity index (χ1v) is 11.6. The minimum atomic E-state index is -3.60. The predicted octanol–water partition coefficient (Wildman–Crippen LogP) is 2.10. The Balaban J connectivity index is 1.63. The van der Waals surface area contributed by atoms with E-state index in [2.05, 4.69) is 10.6 Å². The van der Waals surface area contributed by atoms with Crippen LogP contribution in [0.1, 0.15) is 24.0 Å². The molecule has 2 aromatic rings. The molecule has 0 aliphatic carbocycles. The Morgan fingerprint density at radius 1 is 1.13 bits per heavy atom. The third-order valence-electron chi connectivity index (χ3n) is 5.32. The van der Waals surface area contributed by atoms with Crippen LogP contribution in [0.15, 0.2) is 47.4 Å². The van der Waals surface area contributed by atoms with Crippen LogP contribution in [0.25, 0.3) is 0 Å². The summed E-state index contributed by atoms with van der Waals surface area (Å²) in [5, 5.41) is 5.88. The van der Waals surface area contributed by atoms with E-state index >= 15 is 0 Å². The molecule has 0 atom stereocenters. The first-order valence-electron chi connectivity index (χ1n) is 10.1. The molecule has 0 unspecified atom stereocenters. The van der Waals surface area contributed by atoms with Gasteiger partial charge in [-0.3, -0.25) is 9.59 Å². The van der Waals surface area contributed by atoms with Crippen molar-refractivity contribution in [3.05, 3.63) is 53.6 Å². The highest BCUT2D eigenvalue weighted by molar-refractivity contribution is 7.89. The molecule has 3 rings (SSSR count). The Morgan fingerprint density at radius 3 is 2.55 bits per heavy atom. The molecule has 0 bridgehead atoms. The van der Waals surface area contributed by atoms with Gasteiger partial charge in [-0.25, -0.2) is 12.7 Å². The largest absolute Gasteiger partial charge is 0.376 e.